The van der Waals surface area contributed by atoms with Gasteiger partial charge in [-0.2, -0.15) is 4.98 Å². The molecule has 1 aromatic heterocycles. The molecule has 2 N–H and O–H groups in total. The quantitative estimate of drug-likeness (QED) is 0.670. The van der Waals surface area contributed by atoms with E-state index in [9.17, 15) is 9.59 Å². The van der Waals surface area contributed by atoms with Gasteiger partial charge in [0, 0.05) is 16.3 Å². The molecule has 29 heavy (non-hydrogen) atoms. The van der Waals surface area contributed by atoms with E-state index in [0.717, 1.165) is 16.9 Å². The molecule has 2 heterocycles. The van der Waals surface area contributed by atoms with Crippen molar-refractivity contribution in [1.29, 1.82) is 0 Å². The maximum Gasteiger partial charge on any atom is 0.252 e. The van der Waals surface area contributed by atoms with Gasteiger partial charge in [-0.15, -0.1) is 5.10 Å². The molecular weight excluding hydrogens is 394 g/mol. The normalized spacial score (nSPS) is 15.0. The third-order valence-corrected chi connectivity index (χ3v) is 5.14. The van der Waals surface area contributed by atoms with Crippen molar-refractivity contribution < 1.29 is 14.3 Å². The zero-order valence-corrected chi connectivity index (χ0v) is 16.5. The third-order valence-electron chi connectivity index (χ3n) is 4.73. The number of fused-ring (bicyclic) bond motifs is 1. The molecule has 8 nitrogen and oxygen atoms in total. The Morgan fingerprint density at radius 1 is 1.28 bits per heavy atom. The van der Waals surface area contributed by atoms with Gasteiger partial charge in [0.2, 0.25) is 11.9 Å². The number of aromatic nitrogens is 3. The molecule has 3 aromatic rings. The zero-order valence-electron chi connectivity index (χ0n) is 15.8. The van der Waals surface area contributed by atoms with Crippen LogP contribution in [0.2, 0.25) is 5.02 Å². The van der Waals surface area contributed by atoms with E-state index in [0.29, 0.717) is 22.5 Å². The first kappa shape index (κ1) is 18.9. The first-order valence-corrected chi connectivity index (χ1v) is 9.31. The fraction of sp³-hybridized carbons (Fsp3) is 0.200. The summed E-state index contributed by atoms with van der Waals surface area (Å²) in [5.41, 5.74) is 2.15. The van der Waals surface area contributed by atoms with Crippen molar-refractivity contribution in [2.24, 2.45) is 0 Å². The van der Waals surface area contributed by atoms with Crippen LogP contribution in [-0.2, 0) is 9.59 Å². The van der Waals surface area contributed by atoms with Gasteiger partial charge in [-0.25, -0.2) is 4.68 Å². The smallest absolute Gasteiger partial charge is 0.252 e. The predicted octanol–water partition coefficient (Wildman–Crippen LogP) is 3.44. The molecule has 0 saturated carbocycles. The number of methoxy groups -OCH3 is 1. The number of hydrogen-bond donors (Lipinski definition) is 2. The van der Waals surface area contributed by atoms with Crippen molar-refractivity contribution in [3.8, 4) is 17.1 Å². The maximum absolute atomic E-state index is 12.5. The Morgan fingerprint density at radius 2 is 2.03 bits per heavy atom. The van der Waals surface area contributed by atoms with Crippen LogP contribution < -0.4 is 15.4 Å². The highest BCUT2D eigenvalue weighted by Crippen LogP contribution is 2.30. The van der Waals surface area contributed by atoms with E-state index in [1.807, 2.05) is 19.1 Å². The fourth-order valence-electron chi connectivity index (χ4n) is 3.09. The third kappa shape index (κ3) is 3.66. The minimum atomic E-state index is -0.774. The number of nitrogens with zero attached hydrogens (tertiary/aromatic N) is 3. The summed E-state index contributed by atoms with van der Waals surface area (Å²) in [6, 6.07) is 11.8. The molecule has 0 saturated heterocycles. The van der Waals surface area contributed by atoms with Crippen molar-refractivity contribution >= 4 is 35.1 Å². The van der Waals surface area contributed by atoms with E-state index >= 15 is 0 Å². The van der Waals surface area contributed by atoms with Crippen LogP contribution in [0.5, 0.6) is 5.75 Å². The number of halogens is 1. The van der Waals surface area contributed by atoms with Crippen LogP contribution in [0, 0.1) is 6.92 Å². The molecule has 0 radical (unpaired) electrons. The molecule has 0 bridgehead atoms. The Bertz CT molecular complexity index is 1090. The van der Waals surface area contributed by atoms with E-state index in [-0.39, 0.29) is 18.2 Å². The number of benzene rings is 2. The number of ether oxygens (including phenoxy) is 1. The molecule has 2 aromatic carbocycles. The Morgan fingerprint density at radius 3 is 2.76 bits per heavy atom. The summed E-state index contributed by atoms with van der Waals surface area (Å²) < 4.78 is 6.60. The molecule has 0 fully saturated rings. The van der Waals surface area contributed by atoms with E-state index in [2.05, 4.69) is 20.7 Å². The van der Waals surface area contributed by atoms with Gasteiger partial charge in [-0.1, -0.05) is 17.7 Å². The Balaban J connectivity index is 1.52. The average molecular weight is 412 g/mol. The number of carbonyl (C=O) groups is 2. The summed E-state index contributed by atoms with van der Waals surface area (Å²) in [5, 5.41) is 10.5. The zero-order chi connectivity index (χ0) is 20.5. The number of amides is 2. The van der Waals surface area contributed by atoms with Crippen LogP contribution in [0.25, 0.3) is 11.4 Å². The molecular formula is C20H18ClN5O3. The number of nitrogens with one attached hydrogen (secondary N) is 2. The van der Waals surface area contributed by atoms with Gasteiger partial charge in [0.05, 0.1) is 13.5 Å². The molecule has 1 aliphatic heterocycles. The molecule has 9 heteroatoms. The molecule has 1 atom stereocenters. The van der Waals surface area contributed by atoms with Crippen LogP contribution in [0.1, 0.15) is 18.0 Å². The van der Waals surface area contributed by atoms with Crippen molar-refractivity contribution in [2.45, 2.75) is 19.4 Å². The highest BCUT2D eigenvalue weighted by molar-refractivity contribution is 6.31. The molecule has 1 aliphatic rings. The lowest BCUT2D eigenvalue weighted by Crippen LogP contribution is -2.24. The van der Waals surface area contributed by atoms with Crippen LogP contribution in [0.3, 0.4) is 0 Å². The predicted molar refractivity (Wildman–Crippen MR) is 109 cm³/mol. The number of carbonyl (C=O) groups excluding carboxylic acids is 2. The van der Waals surface area contributed by atoms with Gasteiger partial charge < -0.3 is 10.1 Å². The van der Waals surface area contributed by atoms with Crippen LogP contribution in [0.4, 0.5) is 11.6 Å². The van der Waals surface area contributed by atoms with Gasteiger partial charge in [-0.05, 0) is 48.9 Å². The molecule has 148 valence electrons. The Hall–Kier alpha value is -3.39. The first-order chi connectivity index (χ1) is 14.0. The Labute approximate surface area is 171 Å². The van der Waals surface area contributed by atoms with Crippen LogP contribution in [0.15, 0.2) is 42.5 Å². The van der Waals surface area contributed by atoms with E-state index in [4.69, 9.17) is 16.3 Å². The summed E-state index contributed by atoms with van der Waals surface area (Å²) in [6.45, 7) is 1.82. The van der Waals surface area contributed by atoms with Crippen molar-refractivity contribution in [2.75, 3.05) is 17.7 Å². The Kier molecular flexibility index (Phi) is 4.94. The number of hydrogen-bond acceptors (Lipinski definition) is 5. The molecule has 0 unspecified atom stereocenters. The largest absolute Gasteiger partial charge is 0.497 e. The number of anilines is 2. The average Bonchev–Trinajstić information content (AvgIpc) is 3.24. The topological polar surface area (TPSA) is 98.1 Å². The van der Waals surface area contributed by atoms with Gasteiger partial charge in [0.1, 0.15) is 11.8 Å². The lowest BCUT2D eigenvalue weighted by molar-refractivity contribution is -0.123. The molecule has 0 spiro atoms. The standard InChI is InChI=1S/C20H18ClN5O3/c1-11-14(21)4-3-5-15(11)22-17(27)10-16-19(28)24-20-23-18(25-26(16)20)12-6-8-13(29-2)9-7-12/h3-9,16H,10H2,1-2H3,(H,22,27)(H,23,24,25,28)/t16-/m1/s1. The summed E-state index contributed by atoms with van der Waals surface area (Å²) in [7, 11) is 1.59. The van der Waals surface area contributed by atoms with Crippen molar-refractivity contribution in [3.63, 3.8) is 0 Å². The summed E-state index contributed by atoms with van der Waals surface area (Å²) in [5.74, 6) is 0.861. The lowest BCUT2D eigenvalue weighted by Gasteiger charge is -2.12. The van der Waals surface area contributed by atoms with Gasteiger partial charge in [0.25, 0.3) is 5.91 Å². The summed E-state index contributed by atoms with van der Waals surface area (Å²) >= 11 is 6.09. The summed E-state index contributed by atoms with van der Waals surface area (Å²) in [6.07, 6.45) is -0.0732. The fourth-order valence-corrected chi connectivity index (χ4v) is 3.27. The van der Waals surface area contributed by atoms with Gasteiger partial charge >= 0.3 is 0 Å². The molecule has 4 rings (SSSR count). The molecule has 0 aliphatic carbocycles. The van der Waals surface area contributed by atoms with Crippen molar-refractivity contribution in [3.05, 3.63) is 53.1 Å². The van der Waals surface area contributed by atoms with E-state index in [1.54, 1.807) is 37.4 Å². The molecule has 2 amide bonds. The maximum atomic E-state index is 12.5. The van der Waals surface area contributed by atoms with Crippen LogP contribution >= 0.6 is 11.6 Å². The SMILES string of the molecule is COc1ccc(-c2nc3n(n2)[C@H](CC(=O)Nc2cccc(Cl)c2C)C(=O)N3)cc1. The second-order valence-corrected chi connectivity index (χ2v) is 7.01. The number of rotatable bonds is 5. The minimum Gasteiger partial charge on any atom is -0.497 e. The monoisotopic (exact) mass is 411 g/mol. The second kappa shape index (κ2) is 7.56. The highest BCUT2D eigenvalue weighted by atomic mass is 35.5. The van der Waals surface area contributed by atoms with E-state index in [1.165, 1.54) is 4.68 Å². The van der Waals surface area contributed by atoms with Gasteiger partial charge in [0.15, 0.2) is 5.82 Å². The minimum absolute atomic E-state index is 0.0732. The first-order valence-electron chi connectivity index (χ1n) is 8.93. The highest BCUT2D eigenvalue weighted by Gasteiger charge is 2.35. The lowest BCUT2D eigenvalue weighted by atomic mass is 10.1. The van der Waals surface area contributed by atoms with Crippen LogP contribution in [-0.4, -0.2) is 33.7 Å². The van der Waals surface area contributed by atoms with Gasteiger partial charge in [-0.3, -0.25) is 14.9 Å². The summed E-state index contributed by atoms with van der Waals surface area (Å²) in [4.78, 5) is 29.2. The second-order valence-electron chi connectivity index (χ2n) is 6.60. The van der Waals surface area contributed by atoms with E-state index < -0.39 is 6.04 Å². The van der Waals surface area contributed by atoms with Crippen molar-refractivity contribution in [1.82, 2.24) is 14.8 Å².